The normalized spacial score (nSPS) is 20.4. The summed E-state index contributed by atoms with van der Waals surface area (Å²) < 4.78 is 6.22. The molecule has 164 valence electrons. The molecule has 2 aromatic carbocycles. The summed E-state index contributed by atoms with van der Waals surface area (Å²) in [6, 6.07) is 19.9. The predicted molar refractivity (Wildman–Crippen MR) is 120 cm³/mol. The highest BCUT2D eigenvalue weighted by Gasteiger charge is 2.41. The van der Waals surface area contributed by atoms with Gasteiger partial charge in [-0.15, -0.1) is 0 Å². The number of rotatable bonds is 6. The minimum Gasteiger partial charge on any atom is -0.375 e. The Morgan fingerprint density at radius 2 is 1.61 bits per heavy atom. The van der Waals surface area contributed by atoms with Gasteiger partial charge < -0.3 is 15.0 Å². The molecule has 2 fully saturated rings. The minimum atomic E-state index is -0.174. The zero-order valence-corrected chi connectivity index (χ0v) is 18.1. The number of amides is 2. The SMILES string of the molecule is O=C(CC1CCOC2(CCN(C(=O)Cc3ccccc3)CC2)C1)NCc1ccccc1. The quantitative estimate of drug-likeness (QED) is 0.775. The number of hydrogen-bond acceptors (Lipinski definition) is 3. The van der Waals surface area contributed by atoms with Gasteiger partial charge in [0.15, 0.2) is 0 Å². The van der Waals surface area contributed by atoms with Crippen LogP contribution in [0.2, 0.25) is 0 Å². The van der Waals surface area contributed by atoms with Gasteiger partial charge in [0.05, 0.1) is 12.0 Å². The third-order valence-electron chi connectivity index (χ3n) is 6.63. The zero-order chi connectivity index (χ0) is 21.5. The Balaban J connectivity index is 1.24. The Hall–Kier alpha value is -2.66. The van der Waals surface area contributed by atoms with E-state index in [0.29, 0.717) is 31.9 Å². The number of piperidine rings is 1. The van der Waals surface area contributed by atoms with Gasteiger partial charge in [-0.2, -0.15) is 0 Å². The van der Waals surface area contributed by atoms with Crippen molar-refractivity contribution in [2.45, 2.75) is 50.7 Å². The van der Waals surface area contributed by atoms with Crippen LogP contribution in [0.5, 0.6) is 0 Å². The standard InChI is InChI=1S/C26H32N2O3/c29-24(27-20-22-9-5-2-6-10-22)17-23-11-16-31-26(19-23)12-14-28(15-13-26)25(30)18-21-7-3-1-4-8-21/h1-10,23H,11-20H2,(H,27,29). The van der Waals surface area contributed by atoms with E-state index in [9.17, 15) is 9.59 Å². The molecule has 2 aliphatic heterocycles. The molecule has 0 aromatic heterocycles. The van der Waals surface area contributed by atoms with Crippen molar-refractivity contribution < 1.29 is 14.3 Å². The summed E-state index contributed by atoms with van der Waals surface area (Å²) in [5.41, 5.74) is 2.00. The van der Waals surface area contributed by atoms with Gasteiger partial charge in [-0.05, 0) is 42.7 Å². The van der Waals surface area contributed by atoms with E-state index in [1.54, 1.807) is 0 Å². The van der Waals surface area contributed by atoms with Crippen LogP contribution in [0.15, 0.2) is 60.7 Å². The second kappa shape index (κ2) is 10.1. The molecule has 2 aliphatic rings. The number of likely N-dealkylation sites (tertiary alicyclic amines) is 1. The lowest BCUT2D eigenvalue weighted by Gasteiger charge is -2.46. The maximum Gasteiger partial charge on any atom is 0.226 e. The van der Waals surface area contributed by atoms with E-state index >= 15 is 0 Å². The Morgan fingerprint density at radius 1 is 0.968 bits per heavy atom. The van der Waals surface area contributed by atoms with Crippen LogP contribution in [-0.2, 0) is 27.3 Å². The molecule has 4 rings (SSSR count). The summed E-state index contributed by atoms with van der Waals surface area (Å²) >= 11 is 0. The van der Waals surface area contributed by atoms with Crippen molar-refractivity contribution >= 4 is 11.8 Å². The van der Waals surface area contributed by atoms with E-state index in [0.717, 1.165) is 49.9 Å². The van der Waals surface area contributed by atoms with E-state index in [4.69, 9.17) is 4.74 Å². The second-order valence-electron chi connectivity index (χ2n) is 8.90. The Kier molecular flexibility index (Phi) is 7.03. The lowest BCUT2D eigenvalue weighted by Crippen LogP contribution is -2.51. The molecular formula is C26H32N2O3. The molecule has 0 saturated carbocycles. The summed E-state index contributed by atoms with van der Waals surface area (Å²) in [6.45, 7) is 2.75. The number of nitrogens with zero attached hydrogens (tertiary/aromatic N) is 1. The molecule has 5 nitrogen and oxygen atoms in total. The van der Waals surface area contributed by atoms with Gasteiger partial charge in [-0.3, -0.25) is 9.59 Å². The van der Waals surface area contributed by atoms with Crippen molar-refractivity contribution in [2.24, 2.45) is 5.92 Å². The second-order valence-corrected chi connectivity index (χ2v) is 8.90. The van der Waals surface area contributed by atoms with Crippen LogP contribution in [0, 0.1) is 5.92 Å². The number of carbonyl (C=O) groups is 2. The smallest absolute Gasteiger partial charge is 0.226 e. The van der Waals surface area contributed by atoms with Gasteiger partial charge in [0.1, 0.15) is 0 Å². The van der Waals surface area contributed by atoms with E-state index in [2.05, 4.69) is 5.32 Å². The molecule has 1 atom stereocenters. The molecule has 31 heavy (non-hydrogen) atoms. The van der Waals surface area contributed by atoms with Crippen molar-refractivity contribution in [3.63, 3.8) is 0 Å². The van der Waals surface area contributed by atoms with Gasteiger partial charge in [-0.1, -0.05) is 60.7 Å². The third-order valence-corrected chi connectivity index (χ3v) is 6.63. The molecule has 5 heteroatoms. The van der Waals surface area contributed by atoms with Crippen LogP contribution in [0.1, 0.15) is 43.2 Å². The number of benzene rings is 2. The van der Waals surface area contributed by atoms with Crippen molar-refractivity contribution in [3.05, 3.63) is 71.8 Å². The van der Waals surface area contributed by atoms with E-state index in [1.165, 1.54) is 0 Å². The highest BCUT2D eigenvalue weighted by molar-refractivity contribution is 5.79. The number of hydrogen-bond donors (Lipinski definition) is 1. The molecule has 2 heterocycles. The Morgan fingerprint density at radius 3 is 2.29 bits per heavy atom. The average molecular weight is 421 g/mol. The van der Waals surface area contributed by atoms with Crippen molar-refractivity contribution in [1.82, 2.24) is 10.2 Å². The first-order chi connectivity index (χ1) is 15.1. The van der Waals surface area contributed by atoms with E-state index < -0.39 is 0 Å². The molecule has 0 bridgehead atoms. The Labute approximate surface area is 184 Å². The molecule has 2 saturated heterocycles. The van der Waals surface area contributed by atoms with E-state index in [1.807, 2.05) is 65.6 Å². The monoisotopic (exact) mass is 420 g/mol. The van der Waals surface area contributed by atoms with Gasteiger partial charge in [0.2, 0.25) is 11.8 Å². The van der Waals surface area contributed by atoms with Crippen LogP contribution in [0.3, 0.4) is 0 Å². The largest absolute Gasteiger partial charge is 0.375 e. The Bertz CT molecular complexity index is 861. The van der Waals surface area contributed by atoms with Gasteiger partial charge in [0, 0.05) is 32.7 Å². The predicted octanol–water partition coefficient (Wildman–Crippen LogP) is 3.72. The molecule has 0 aliphatic carbocycles. The fourth-order valence-corrected chi connectivity index (χ4v) is 4.83. The van der Waals surface area contributed by atoms with Gasteiger partial charge in [-0.25, -0.2) is 0 Å². The number of ether oxygens (including phenoxy) is 1. The van der Waals surface area contributed by atoms with Crippen LogP contribution in [0.4, 0.5) is 0 Å². The zero-order valence-electron chi connectivity index (χ0n) is 18.1. The summed E-state index contributed by atoms with van der Waals surface area (Å²) in [4.78, 5) is 27.1. The topological polar surface area (TPSA) is 58.6 Å². The van der Waals surface area contributed by atoms with E-state index in [-0.39, 0.29) is 17.4 Å². The van der Waals surface area contributed by atoms with Gasteiger partial charge in [0.25, 0.3) is 0 Å². The summed E-state index contributed by atoms with van der Waals surface area (Å²) in [5.74, 6) is 0.645. The van der Waals surface area contributed by atoms with Crippen molar-refractivity contribution in [2.75, 3.05) is 19.7 Å². The lowest BCUT2D eigenvalue weighted by atomic mass is 9.78. The molecule has 1 unspecified atom stereocenters. The molecule has 0 radical (unpaired) electrons. The van der Waals surface area contributed by atoms with Crippen LogP contribution < -0.4 is 5.32 Å². The first-order valence-electron chi connectivity index (χ1n) is 11.4. The average Bonchev–Trinajstić information content (AvgIpc) is 2.80. The maximum absolute atomic E-state index is 12.7. The number of nitrogens with one attached hydrogen (secondary N) is 1. The molecular weight excluding hydrogens is 388 g/mol. The molecule has 2 amide bonds. The van der Waals surface area contributed by atoms with Crippen LogP contribution in [0.25, 0.3) is 0 Å². The highest BCUT2D eigenvalue weighted by atomic mass is 16.5. The van der Waals surface area contributed by atoms with Crippen LogP contribution >= 0.6 is 0 Å². The van der Waals surface area contributed by atoms with Crippen LogP contribution in [-0.4, -0.2) is 42.0 Å². The fourth-order valence-electron chi connectivity index (χ4n) is 4.83. The van der Waals surface area contributed by atoms with Crippen molar-refractivity contribution in [3.8, 4) is 0 Å². The first kappa shape index (κ1) is 21.6. The molecule has 1 N–H and O–H groups in total. The summed E-state index contributed by atoms with van der Waals surface area (Å²) in [6.07, 6.45) is 4.56. The first-order valence-corrected chi connectivity index (χ1v) is 11.4. The summed E-state index contributed by atoms with van der Waals surface area (Å²) in [7, 11) is 0. The molecule has 2 aromatic rings. The third kappa shape index (κ3) is 5.95. The lowest BCUT2D eigenvalue weighted by molar-refractivity contribution is -0.148. The fraction of sp³-hybridized carbons (Fsp3) is 0.462. The minimum absolute atomic E-state index is 0.112. The van der Waals surface area contributed by atoms with Crippen molar-refractivity contribution in [1.29, 1.82) is 0 Å². The summed E-state index contributed by atoms with van der Waals surface area (Å²) in [5, 5.41) is 3.05. The van der Waals surface area contributed by atoms with Gasteiger partial charge >= 0.3 is 0 Å². The highest BCUT2D eigenvalue weighted by Crippen LogP contribution is 2.38. The number of carbonyl (C=O) groups excluding carboxylic acids is 2. The maximum atomic E-state index is 12.7. The molecule has 1 spiro atoms.